The Kier molecular flexibility index (Phi) is 4.97. The number of nitro benzene ring substituents is 1. The molecule has 0 atom stereocenters. The fourth-order valence-electron chi connectivity index (χ4n) is 2.10. The highest BCUT2D eigenvalue weighted by Crippen LogP contribution is 2.37. The molecule has 6 nitrogen and oxygen atoms in total. The van der Waals surface area contributed by atoms with Gasteiger partial charge in [-0.05, 0) is 18.9 Å². The van der Waals surface area contributed by atoms with Crippen LogP contribution in [0.1, 0.15) is 19.3 Å². The molecule has 1 aliphatic rings. The maximum absolute atomic E-state index is 12.2. The minimum Gasteiger partial charge on any atom is -0.396 e. The van der Waals surface area contributed by atoms with Crippen LogP contribution in [-0.4, -0.2) is 34.8 Å². The number of unbranched alkanes of at least 4 members (excludes halogenated alkanes) is 1. The first-order valence-electron chi connectivity index (χ1n) is 6.46. The van der Waals surface area contributed by atoms with E-state index in [4.69, 9.17) is 5.11 Å². The number of rotatable bonds is 5. The van der Waals surface area contributed by atoms with E-state index < -0.39 is 4.92 Å². The van der Waals surface area contributed by atoms with Crippen LogP contribution in [0.5, 0.6) is 0 Å². The summed E-state index contributed by atoms with van der Waals surface area (Å²) in [5.74, 6) is 0.744. The number of hydrogen-bond donors (Lipinski definition) is 1. The van der Waals surface area contributed by atoms with E-state index in [9.17, 15) is 14.9 Å². The van der Waals surface area contributed by atoms with Crippen LogP contribution in [0.25, 0.3) is 0 Å². The summed E-state index contributed by atoms with van der Waals surface area (Å²) < 4.78 is 0. The second-order valence-electron chi connectivity index (χ2n) is 4.48. The summed E-state index contributed by atoms with van der Waals surface area (Å²) >= 11 is 1.53. The molecule has 1 aromatic carbocycles. The van der Waals surface area contributed by atoms with Gasteiger partial charge in [0.1, 0.15) is 0 Å². The maximum Gasteiger partial charge on any atom is 0.270 e. The van der Waals surface area contributed by atoms with Gasteiger partial charge in [-0.2, -0.15) is 0 Å². The van der Waals surface area contributed by atoms with Crippen LogP contribution < -0.4 is 4.90 Å². The molecule has 0 saturated heterocycles. The zero-order chi connectivity index (χ0) is 14.5. The van der Waals surface area contributed by atoms with Crippen molar-refractivity contribution >= 4 is 29.0 Å². The van der Waals surface area contributed by atoms with Gasteiger partial charge >= 0.3 is 0 Å². The molecule has 0 unspecified atom stereocenters. The van der Waals surface area contributed by atoms with Gasteiger partial charge in [-0.3, -0.25) is 14.9 Å². The third kappa shape index (κ3) is 3.29. The largest absolute Gasteiger partial charge is 0.396 e. The van der Waals surface area contributed by atoms with Gasteiger partial charge in [0.25, 0.3) is 5.69 Å². The predicted molar refractivity (Wildman–Crippen MR) is 77.1 cm³/mol. The molecular formula is C13H16N2O4S. The average molecular weight is 296 g/mol. The van der Waals surface area contributed by atoms with Crippen LogP contribution in [0, 0.1) is 10.1 Å². The number of aliphatic hydroxyl groups is 1. The number of aliphatic hydroxyl groups excluding tert-OH is 1. The Balaban J connectivity index is 2.15. The van der Waals surface area contributed by atoms with E-state index in [-0.39, 0.29) is 18.2 Å². The molecule has 1 amide bonds. The fraction of sp³-hybridized carbons (Fsp3) is 0.462. The molecule has 0 aliphatic carbocycles. The number of benzene rings is 1. The third-order valence-corrected chi connectivity index (χ3v) is 4.14. The Morgan fingerprint density at radius 3 is 2.95 bits per heavy atom. The zero-order valence-corrected chi connectivity index (χ0v) is 11.8. The minimum atomic E-state index is -0.428. The van der Waals surface area contributed by atoms with Crippen molar-refractivity contribution in [1.29, 1.82) is 0 Å². The number of amides is 1. The fourth-order valence-corrected chi connectivity index (χ4v) is 3.13. The van der Waals surface area contributed by atoms with Crippen LogP contribution >= 0.6 is 11.8 Å². The second kappa shape index (κ2) is 6.71. The molecule has 1 N–H and O–H groups in total. The molecule has 20 heavy (non-hydrogen) atoms. The molecule has 108 valence electrons. The number of nitro groups is 1. The number of hydrogen-bond acceptors (Lipinski definition) is 5. The van der Waals surface area contributed by atoms with Crippen molar-refractivity contribution in [3.05, 3.63) is 28.3 Å². The zero-order valence-electron chi connectivity index (χ0n) is 10.9. The van der Waals surface area contributed by atoms with Gasteiger partial charge in [0.15, 0.2) is 0 Å². The number of carbonyl (C=O) groups is 1. The van der Waals surface area contributed by atoms with E-state index in [1.54, 1.807) is 11.0 Å². The van der Waals surface area contributed by atoms with Crippen molar-refractivity contribution in [3.8, 4) is 0 Å². The molecule has 2 rings (SSSR count). The van der Waals surface area contributed by atoms with Crippen molar-refractivity contribution in [2.45, 2.75) is 24.2 Å². The Hall–Kier alpha value is -1.60. The van der Waals surface area contributed by atoms with Gasteiger partial charge < -0.3 is 10.0 Å². The normalized spacial score (nSPS) is 13.9. The molecule has 7 heteroatoms. The van der Waals surface area contributed by atoms with Gasteiger partial charge in [-0.25, -0.2) is 0 Å². The standard InChI is InChI=1S/C13H16N2O4S/c16-7-2-1-3-13(17)14-6-8-20-12-9-10(15(18)19)4-5-11(12)14/h4-5,9,16H,1-3,6-8H2. The first-order valence-corrected chi connectivity index (χ1v) is 7.44. The first-order chi connectivity index (χ1) is 9.63. The SMILES string of the molecule is O=C(CCCCO)N1CCSc2cc([N+](=O)[O-])ccc21. The van der Waals surface area contributed by atoms with Crippen molar-refractivity contribution in [2.75, 3.05) is 23.8 Å². The third-order valence-electron chi connectivity index (χ3n) is 3.12. The van der Waals surface area contributed by atoms with E-state index in [1.807, 2.05) is 0 Å². The van der Waals surface area contributed by atoms with E-state index in [0.717, 1.165) is 16.3 Å². The van der Waals surface area contributed by atoms with Crippen LogP contribution in [-0.2, 0) is 4.79 Å². The molecular weight excluding hydrogens is 280 g/mol. The summed E-state index contributed by atoms with van der Waals surface area (Å²) in [5, 5.41) is 19.5. The topological polar surface area (TPSA) is 83.7 Å². The molecule has 0 saturated carbocycles. The number of nitrogens with zero attached hydrogens (tertiary/aromatic N) is 2. The van der Waals surface area contributed by atoms with Crippen molar-refractivity contribution in [2.24, 2.45) is 0 Å². The summed E-state index contributed by atoms with van der Waals surface area (Å²) in [6.45, 7) is 0.708. The number of fused-ring (bicyclic) bond motifs is 1. The lowest BCUT2D eigenvalue weighted by atomic mass is 10.2. The number of carbonyl (C=O) groups excluding carboxylic acids is 1. The highest BCUT2D eigenvalue weighted by molar-refractivity contribution is 7.99. The lowest BCUT2D eigenvalue weighted by Crippen LogP contribution is -2.35. The molecule has 0 fully saturated rings. The highest BCUT2D eigenvalue weighted by atomic mass is 32.2. The smallest absolute Gasteiger partial charge is 0.270 e. The number of anilines is 1. The van der Waals surface area contributed by atoms with E-state index in [0.29, 0.717) is 25.8 Å². The Labute approximate surface area is 120 Å². The van der Waals surface area contributed by atoms with E-state index >= 15 is 0 Å². The molecule has 0 bridgehead atoms. The number of thioether (sulfide) groups is 1. The van der Waals surface area contributed by atoms with Crippen molar-refractivity contribution in [3.63, 3.8) is 0 Å². The summed E-state index contributed by atoms with van der Waals surface area (Å²) in [5.41, 5.74) is 0.798. The molecule has 1 aliphatic heterocycles. The summed E-state index contributed by atoms with van der Waals surface area (Å²) in [6.07, 6.45) is 1.66. The Morgan fingerprint density at radius 2 is 2.25 bits per heavy atom. The minimum absolute atomic E-state index is 0.00820. The van der Waals surface area contributed by atoms with Gasteiger partial charge in [0.05, 0.1) is 10.6 Å². The average Bonchev–Trinajstić information content (AvgIpc) is 2.46. The summed E-state index contributed by atoms with van der Waals surface area (Å²) in [4.78, 5) is 25.0. The molecule has 1 aromatic rings. The van der Waals surface area contributed by atoms with Gasteiger partial charge in [0, 0.05) is 42.4 Å². The predicted octanol–water partition coefficient (Wildman–Crippen LogP) is 2.20. The van der Waals surface area contributed by atoms with Gasteiger partial charge in [-0.15, -0.1) is 11.8 Å². The molecule has 1 heterocycles. The van der Waals surface area contributed by atoms with Gasteiger partial charge in [0.2, 0.25) is 5.91 Å². The summed E-state index contributed by atoms with van der Waals surface area (Å²) in [7, 11) is 0. The molecule has 0 spiro atoms. The van der Waals surface area contributed by atoms with Crippen molar-refractivity contribution in [1.82, 2.24) is 0 Å². The van der Waals surface area contributed by atoms with Crippen LogP contribution in [0.3, 0.4) is 0 Å². The van der Waals surface area contributed by atoms with Crippen LogP contribution in [0.15, 0.2) is 23.1 Å². The lowest BCUT2D eigenvalue weighted by molar-refractivity contribution is -0.385. The van der Waals surface area contributed by atoms with Crippen LogP contribution in [0.2, 0.25) is 0 Å². The lowest BCUT2D eigenvalue weighted by Gasteiger charge is -2.28. The second-order valence-corrected chi connectivity index (χ2v) is 5.62. The maximum atomic E-state index is 12.2. The highest BCUT2D eigenvalue weighted by Gasteiger charge is 2.24. The molecule has 0 aromatic heterocycles. The van der Waals surface area contributed by atoms with E-state index in [1.165, 1.54) is 23.9 Å². The number of non-ortho nitro benzene ring substituents is 1. The monoisotopic (exact) mass is 296 g/mol. The first kappa shape index (κ1) is 14.8. The quantitative estimate of drug-likeness (QED) is 0.511. The molecule has 0 radical (unpaired) electrons. The summed E-state index contributed by atoms with van der Waals surface area (Å²) in [6, 6.07) is 4.59. The Bertz CT molecular complexity index is 521. The Morgan fingerprint density at radius 1 is 1.45 bits per heavy atom. The van der Waals surface area contributed by atoms with E-state index in [2.05, 4.69) is 0 Å². The van der Waals surface area contributed by atoms with Crippen molar-refractivity contribution < 1.29 is 14.8 Å². The van der Waals surface area contributed by atoms with Gasteiger partial charge in [-0.1, -0.05) is 0 Å². The van der Waals surface area contributed by atoms with Crippen LogP contribution in [0.4, 0.5) is 11.4 Å².